The predicted octanol–water partition coefficient (Wildman–Crippen LogP) is 6.03. The van der Waals surface area contributed by atoms with Crippen molar-refractivity contribution in [1.29, 1.82) is 0 Å². The van der Waals surface area contributed by atoms with E-state index in [0.717, 1.165) is 40.7 Å². The van der Waals surface area contributed by atoms with Gasteiger partial charge < -0.3 is 21.5 Å². The highest BCUT2D eigenvalue weighted by molar-refractivity contribution is 7.20. The maximum atomic E-state index is 14.0. The van der Waals surface area contributed by atoms with Crippen LogP contribution in [0, 0.1) is 11.3 Å². The predicted molar refractivity (Wildman–Crippen MR) is 157 cm³/mol. The largest absolute Gasteiger partial charge is 0.399 e. The standard InChI is InChI=1S/C31H40F2N4O2S/c1-30(2,3)21-9-10-23-19(15-21)14-20-17-26(40-29(20)37-23)28(39)36-24(18-6-4-7-22(34)16-18)11-13-35-25-8-5-12-31(32,33)27(25)38/h4,6-7,14,16-17,21,24-25,27,35,38H,5,8-13,15,34H2,1-3H3,(H,36,39)/t21-,24+,25-,27+/m0/s1. The molecule has 2 aliphatic rings. The molecule has 0 bridgehead atoms. The third-order valence-corrected chi connectivity index (χ3v) is 9.66. The van der Waals surface area contributed by atoms with Crippen molar-refractivity contribution < 1.29 is 18.7 Å². The molecule has 0 aliphatic heterocycles. The smallest absolute Gasteiger partial charge is 0.274 e. The van der Waals surface area contributed by atoms with Gasteiger partial charge in [-0.1, -0.05) is 32.9 Å². The zero-order valence-corrected chi connectivity index (χ0v) is 24.3. The molecule has 1 aromatic carbocycles. The van der Waals surface area contributed by atoms with E-state index >= 15 is 0 Å². The fourth-order valence-electron chi connectivity index (χ4n) is 6.09. The van der Waals surface area contributed by atoms with Crippen LogP contribution < -0.4 is 16.4 Å². The van der Waals surface area contributed by atoms with Crippen molar-refractivity contribution in [2.24, 2.45) is 11.3 Å². The van der Waals surface area contributed by atoms with E-state index in [4.69, 9.17) is 10.7 Å². The molecule has 1 fully saturated rings. The molecular weight excluding hydrogens is 530 g/mol. The Morgan fingerprint density at radius 3 is 2.80 bits per heavy atom. The van der Waals surface area contributed by atoms with E-state index < -0.39 is 18.1 Å². The minimum atomic E-state index is -3.08. The van der Waals surface area contributed by atoms with Gasteiger partial charge >= 0.3 is 0 Å². The zero-order chi connectivity index (χ0) is 28.7. The number of nitrogen functional groups attached to an aromatic ring is 1. The summed E-state index contributed by atoms with van der Waals surface area (Å²) in [6.07, 6.45) is 2.38. The number of fused-ring (bicyclic) bond motifs is 2. The number of amides is 1. The lowest BCUT2D eigenvalue weighted by molar-refractivity contribution is -0.143. The molecule has 3 aromatic rings. The van der Waals surface area contributed by atoms with Gasteiger partial charge in [0.2, 0.25) is 0 Å². The molecule has 0 saturated heterocycles. The van der Waals surface area contributed by atoms with Gasteiger partial charge in [0, 0.05) is 29.2 Å². The van der Waals surface area contributed by atoms with Gasteiger partial charge in [0.15, 0.2) is 0 Å². The van der Waals surface area contributed by atoms with Gasteiger partial charge in [-0.2, -0.15) is 0 Å². The van der Waals surface area contributed by atoms with Crippen molar-refractivity contribution in [3.8, 4) is 0 Å². The van der Waals surface area contributed by atoms with Crippen molar-refractivity contribution in [2.45, 2.75) is 89.8 Å². The highest BCUT2D eigenvalue weighted by Crippen LogP contribution is 2.39. The van der Waals surface area contributed by atoms with Crippen molar-refractivity contribution in [2.75, 3.05) is 12.3 Å². The minimum absolute atomic E-state index is 0.204. The van der Waals surface area contributed by atoms with Gasteiger partial charge in [-0.15, -0.1) is 11.3 Å². The van der Waals surface area contributed by atoms with E-state index in [1.54, 1.807) is 6.07 Å². The first kappa shape index (κ1) is 28.9. The molecule has 216 valence electrons. The molecule has 9 heteroatoms. The van der Waals surface area contributed by atoms with E-state index in [1.807, 2.05) is 24.3 Å². The number of nitrogens with two attached hydrogens (primary N) is 1. The lowest BCUT2D eigenvalue weighted by Gasteiger charge is -2.35. The molecule has 0 radical (unpaired) electrons. The fourth-order valence-corrected chi connectivity index (χ4v) is 7.02. The number of pyridine rings is 1. The summed E-state index contributed by atoms with van der Waals surface area (Å²) in [6, 6.07) is 10.4. The number of hydrogen-bond acceptors (Lipinski definition) is 6. The van der Waals surface area contributed by atoms with Crippen LogP contribution in [0.3, 0.4) is 0 Å². The first-order valence-electron chi connectivity index (χ1n) is 14.3. The van der Waals surface area contributed by atoms with Crippen LogP contribution in [0.1, 0.15) is 85.4 Å². The number of thiophene rings is 1. The summed E-state index contributed by atoms with van der Waals surface area (Å²) in [5.74, 6) is -2.68. The van der Waals surface area contributed by atoms with Gasteiger partial charge in [-0.3, -0.25) is 4.79 Å². The third-order valence-electron chi connectivity index (χ3n) is 8.62. The number of anilines is 1. The van der Waals surface area contributed by atoms with Gasteiger partial charge in [0.05, 0.1) is 10.9 Å². The molecule has 2 aromatic heterocycles. The second-order valence-corrected chi connectivity index (χ2v) is 13.6. The average Bonchev–Trinajstić information content (AvgIpc) is 3.31. The number of benzene rings is 1. The minimum Gasteiger partial charge on any atom is -0.399 e. The third kappa shape index (κ3) is 6.31. The summed E-state index contributed by atoms with van der Waals surface area (Å²) in [5.41, 5.74) is 10.1. The van der Waals surface area contributed by atoms with Gasteiger partial charge in [-0.05, 0) is 91.8 Å². The number of aromatic nitrogens is 1. The summed E-state index contributed by atoms with van der Waals surface area (Å²) in [5, 5.41) is 17.3. The first-order chi connectivity index (χ1) is 18.9. The lowest BCUT2D eigenvalue weighted by atomic mass is 9.71. The number of nitrogens with zero attached hydrogens (tertiary/aromatic N) is 1. The molecule has 0 unspecified atom stereocenters. The number of alkyl halides is 2. The van der Waals surface area contributed by atoms with Crippen LogP contribution in [-0.4, -0.2) is 40.6 Å². The molecule has 5 rings (SSSR count). The van der Waals surface area contributed by atoms with Crippen LogP contribution in [0.4, 0.5) is 14.5 Å². The Labute approximate surface area is 238 Å². The highest BCUT2D eigenvalue weighted by atomic mass is 32.1. The molecule has 6 nitrogen and oxygen atoms in total. The number of aliphatic hydroxyl groups is 1. The average molecular weight is 571 g/mol. The number of nitrogens with one attached hydrogen (secondary N) is 2. The molecule has 2 aliphatic carbocycles. The summed E-state index contributed by atoms with van der Waals surface area (Å²) in [6.45, 7) is 7.23. The second-order valence-electron chi connectivity index (χ2n) is 12.5. The van der Waals surface area contributed by atoms with Crippen molar-refractivity contribution >= 4 is 33.1 Å². The Morgan fingerprint density at radius 1 is 1.25 bits per heavy atom. The zero-order valence-electron chi connectivity index (χ0n) is 23.5. The number of carbonyl (C=O) groups excluding carboxylic acids is 1. The SMILES string of the molecule is CC(C)(C)[C@H]1CCc2nc3sc(C(=O)N[C@H](CCN[C@H]4CCCC(F)(F)[C@@H]4O)c4cccc(N)c4)cc3cc2C1. The Balaban J connectivity index is 1.31. The molecule has 1 amide bonds. The summed E-state index contributed by atoms with van der Waals surface area (Å²) < 4.78 is 28.0. The van der Waals surface area contributed by atoms with Crippen LogP contribution in [0.25, 0.3) is 10.2 Å². The molecule has 0 spiro atoms. The number of rotatable bonds is 7. The van der Waals surface area contributed by atoms with E-state index in [2.05, 4.69) is 37.5 Å². The number of aryl methyl sites for hydroxylation is 1. The molecule has 1 saturated carbocycles. The normalized spacial score (nSPS) is 23.5. The first-order valence-corrected chi connectivity index (χ1v) is 15.1. The van der Waals surface area contributed by atoms with Crippen LogP contribution in [0.2, 0.25) is 0 Å². The van der Waals surface area contributed by atoms with Crippen LogP contribution >= 0.6 is 11.3 Å². The van der Waals surface area contributed by atoms with Crippen LogP contribution in [-0.2, 0) is 12.8 Å². The molecular formula is C31H40F2N4O2S. The lowest BCUT2D eigenvalue weighted by Crippen LogP contribution is -2.53. The Hall–Kier alpha value is -2.62. The maximum absolute atomic E-state index is 14.0. The van der Waals surface area contributed by atoms with Gasteiger partial charge in [0.25, 0.3) is 11.8 Å². The van der Waals surface area contributed by atoms with Crippen LogP contribution in [0.5, 0.6) is 0 Å². The highest BCUT2D eigenvalue weighted by Gasteiger charge is 2.45. The van der Waals surface area contributed by atoms with Crippen LogP contribution in [0.15, 0.2) is 36.4 Å². The van der Waals surface area contributed by atoms with Crippen molar-refractivity contribution in [1.82, 2.24) is 15.6 Å². The monoisotopic (exact) mass is 570 g/mol. The number of hydrogen-bond donors (Lipinski definition) is 4. The molecule has 2 heterocycles. The summed E-state index contributed by atoms with van der Waals surface area (Å²) in [4.78, 5) is 19.9. The maximum Gasteiger partial charge on any atom is 0.274 e. The molecule has 5 N–H and O–H groups in total. The van der Waals surface area contributed by atoms with E-state index in [9.17, 15) is 18.7 Å². The van der Waals surface area contributed by atoms with Crippen molar-refractivity contribution in [3.63, 3.8) is 0 Å². The van der Waals surface area contributed by atoms with E-state index in [-0.39, 0.29) is 23.8 Å². The number of aliphatic hydroxyl groups excluding tert-OH is 1. The quantitative estimate of drug-likeness (QED) is 0.260. The number of halogens is 2. The van der Waals surface area contributed by atoms with Gasteiger partial charge in [0.1, 0.15) is 10.9 Å². The summed E-state index contributed by atoms with van der Waals surface area (Å²) in [7, 11) is 0. The fraction of sp³-hybridized carbons (Fsp3) is 0.548. The topological polar surface area (TPSA) is 100 Å². The van der Waals surface area contributed by atoms with E-state index in [1.165, 1.54) is 16.9 Å². The van der Waals surface area contributed by atoms with E-state index in [0.29, 0.717) is 42.3 Å². The Kier molecular flexibility index (Phi) is 8.19. The molecule has 4 atom stereocenters. The Bertz CT molecular complexity index is 1370. The summed E-state index contributed by atoms with van der Waals surface area (Å²) >= 11 is 1.39. The molecule has 40 heavy (non-hydrogen) atoms. The van der Waals surface area contributed by atoms with Gasteiger partial charge in [-0.25, -0.2) is 13.8 Å². The van der Waals surface area contributed by atoms with Crippen molar-refractivity contribution in [3.05, 3.63) is 58.1 Å². The number of carbonyl (C=O) groups is 1. The second kappa shape index (κ2) is 11.3. The Morgan fingerprint density at radius 2 is 2.05 bits per heavy atom.